The third-order valence-corrected chi connectivity index (χ3v) is 5.21. The van der Waals surface area contributed by atoms with Gasteiger partial charge in [0.05, 0.1) is 0 Å². The number of urea groups is 1. The van der Waals surface area contributed by atoms with Crippen molar-refractivity contribution in [3.05, 3.63) is 33.8 Å². The molecule has 3 rings (SSSR count). The van der Waals surface area contributed by atoms with Crippen molar-refractivity contribution < 1.29 is 4.79 Å². The van der Waals surface area contributed by atoms with Crippen molar-refractivity contribution in [2.75, 3.05) is 13.1 Å². The number of benzene rings is 1. The van der Waals surface area contributed by atoms with Gasteiger partial charge in [-0.05, 0) is 43.5 Å². The average Bonchev–Trinajstić information content (AvgIpc) is 2.90. The molecule has 1 aromatic rings. The molecular weight excluding hydrogens is 321 g/mol. The Bertz CT molecular complexity index is 552. The molecule has 0 aliphatic carbocycles. The second-order valence-corrected chi connectivity index (χ2v) is 6.90. The summed E-state index contributed by atoms with van der Waals surface area (Å²) in [5.41, 5.74) is 0.868. The predicted octanol–water partition coefficient (Wildman–Crippen LogP) is 3.42. The number of fused-ring (bicyclic) bond motifs is 1. The molecule has 1 aromatic carbocycles. The van der Waals surface area contributed by atoms with Gasteiger partial charge >= 0.3 is 6.03 Å². The second kappa shape index (κ2) is 7.07. The zero-order chi connectivity index (χ0) is 15.5. The van der Waals surface area contributed by atoms with Crippen molar-refractivity contribution in [2.45, 2.75) is 44.3 Å². The number of hydrogen-bond donors (Lipinski definition) is 2. The van der Waals surface area contributed by atoms with E-state index in [9.17, 15) is 4.79 Å². The van der Waals surface area contributed by atoms with E-state index in [1.807, 2.05) is 6.07 Å². The number of hydrogen-bond acceptors (Lipinski definition) is 2. The zero-order valence-electron chi connectivity index (χ0n) is 12.4. The Balaban J connectivity index is 1.50. The number of rotatable bonds is 3. The fourth-order valence-electron chi connectivity index (χ4n) is 3.48. The highest BCUT2D eigenvalue weighted by atomic mass is 35.5. The van der Waals surface area contributed by atoms with Gasteiger partial charge in [0.1, 0.15) is 0 Å². The Labute approximate surface area is 141 Å². The summed E-state index contributed by atoms with van der Waals surface area (Å²) in [6.45, 7) is 2.67. The third-order valence-electron chi connectivity index (χ3n) is 4.63. The van der Waals surface area contributed by atoms with Crippen LogP contribution in [0.4, 0.5) is 4.79 Å². The van der Waals surface area contributed by atoms with Gasteiger partial charge in [-0.2, -0.15) is 0 Å². The first kappa shape index (κ1) is 15.9. The van der Waals surface area contributed by atoms with E-state index in [4.69, 9.17) is 23.2 Å². The highest BCUT2D eigenvalue weighted by Crippen LogP contribution is 2.27. The van der Waals surface area contributed by atoms with Crippen LogP contribution in [0.15, 0.2) is 18.2 Å². The van der Waals surface area contributed by atoms with E-state index < -0.39 is 0 Å². The largest absolute Gasteiger partial charge is 0.334 e. The van der Waals surface area contributed by atoms with E-state index in [2.05, 4.69) is 15.5 Å². The molecule has 2 atom stereocenters. The molecule has 2 fully saturated rings. The molecule has 2 aliphatic heterocycles. The Morgan fingerprint density at radius 1 is 1.23 bits per heavy atom. The van der Waals surface area contributed by atoms with Crippen molar-refractivity contribution in [3.63, 3.8) is 0 Å². The van der Waals surface area contributed by atoms with Crippen LogP contribution >= 0.6 is 23.2 Å². The lowest BCUT2D eigenvalue weighted by Gasteiger charge is -2.32. The molecule has 4 nitrogen and oxygen atoms in total. The number of nitrogens with one attached hydrogen (secondary N) is 2. The molecule has 2 saturated heterocycles. The van der Waals surface area contributed by atoms with Crippen LogP contribution in [-0.4, -0.2) is 36.1 Å². The van der Waals surface area contributed by atoms with E-state index in [0.29, 0.717) is 22.6 Å². The van der Waals surface area contributed by atoms with Crippen LogP contribution in [-0.2, 0) is 6.54 Å². The van der Waals surface area contributed by atoms with Crippen LogP contribution in [0.5, 0.6) is 0 Å². The summed E-state index contributed by atoms with van der Waals surface area (Å²) >= 11 is 12.0. The third kappa shape index (κ3) is 3.67. The van der Waals surface area contributed by atoms with Gasteiger partial charge in [-0.1, -0.05) is 35.7 Å². The van der Waals surface area contributed by atoms with Crippen molar-refractivity contribution >= 4 is 29.2 Å². The predicted molar refractivity (Wildman–Crippen MR) is 89.5 cm³/mol. The number of piperidine rings is 1. The smallest absolute Gasteiger partial charge is 0.315 e. The minimum atomic E-state index is -0.122. The monoisotopic (exact) mass is 341 g/mol. The maximum absolute atomic E-state index is 12.1. The first-order valence-electron chi connectivity index (χ1n) is 7.86. The molecule has 2 N–H and O–H groups in total. The molecule has 0 aromatic heterocycles. The topological polar surface area (TPSA) is 44.4 Å². The van der Waals surface area contributed by atoms with Gasteiger partial charge in [-0.25, -0.2) is 4.79 Å². The maximum Gasteiger partial charge on any atom is 0.315 e. The summed E-state index contributed by atoms with van der Waals surface area (Å²) < 4.78 is 0. The van der Waals surface area contributed by atoms with E-state index in [0.717, 1.165) is 18.5 Å². The Morgan fingerprint density at radius 3 is 2.91 bits per heavy atom. The second-order valence-electron chi connectivity index (χ2n) is 6.06. The molecule has 22 heavy (non-hydrogen) atoms. The van der Waals surface area contributed by atoms with E-state index in [-0.39, 0.29) is 12.1 Å². The van der Waals surface area contributed by atoms with Crippen LogP contribution in [0.25, 0.3) is 0 Å². The molecule has 120 valence electrons. The van der Waals surface area contributed by atoms with Gasteiger partial charge in [0.15, 0.2) is 0 Å². The van der Waals surface area contributed by atoms with Crippen molar-refractivity contribution in [1.29, 1.82) is 0 Å². The number of carbonyl (C=O) groups is 1. The highest BCUT2D eigenvalue weighted by molar-refractivity contribution is 6.35. The van der Waals surface area contributed by atoms with Crippen LogP contribution in [0.2, 0.25) is 10.0 Å². The van der Waals surface area contributed by atoms with Crippen molar-refractivity contribution in [2.24, 2.45) is 0 Å². The van der Waals surface area contributed by atoms with Crippen LogP contribution in [0, 0.1) is 0 Å². The fourth-order valence-corrected chi connectivity index (χ4v) is 3.95. The SMILES string of the molecule is O=C(NCc1ccc(Cl)cc1Cl)NC1CCN2CCCCC12. The van der Waals surface area contributed by atoms with Gasteiger partial charge in [0.2, 0.25) is 0 Å². The van der Waals surface area contributed by atoms with Gasteiger partial charge in [0.25, 0.3) is 0 Å². The molecule has 2 unspecified atom stereocenters. The van der Waals surface area contributed by atoms with Crippen LogP contribution in [0.1, 0.15) is 31.2 Å². The van der Waals surface area contributed by atoms with E-state index in [1.165, 1.54) is 25.8 Å². The van der Waals surface area contributed by atoms with Gasteiger partial charge in [-0.3, -0.25) is 4.90 Å². The molecule has 0 radical (unpaired) electrons. The highest BCUT2D eigenvalue weighted by Gasteiger charge is 2.36. The molecule has 0 spiro atoms. The molecule has 2 aliphatic rings. The minimum Gasteiger partial charge on any atom is -0.334 e. The molecule has 6 heteroatoms. The normalized spacial score (nSPS) is 24.8. The molecule has 2 heterocycles. The summed E-state index contributed by atoms with van der Waals surface area (Å²) in [5, 5.41) is 7.18. The summed E-state index contributed by atoms with van der Waals surface area (Å²) in [6.07, 6.45) is 4.78. The summed E-state index contributed by atoms with van der Waals surface area (Å²) in [5.74, 6) is 0. The Kier molecular flexibility index (Phi) is 5.11. The van der Waals surface area contributed by atoms with E-state index >= 15 is 0 Å². The zero-order valence-corrected chi connectivity index (χ0v) is 14.0. The lowest BCUT2D eigenvalue weighted by atomic mass is 9.99. The summed E-state index contributed by atoms with van der Waals surface area (Å²) in [6, 6.07) is 5.96. The molecule has 2 amide bonds. The van der Waals surface area contributed by atoms with Gasteiger partial charge in [-0.15, -0.1) is 0 Å². The fraction of sp³-hybridized carbons (Fsp3) is 0.562. The van der Waals surface area contributed by atoms with Gasteiger partial charge < -0.3 is 10.6 Å². The quantitative estimate of drug-likeness (QED) is 0.884. The number of nitrogens with zero attached hydrogens (tertiary/aromatic N) is 1. The molecular formula is C16H21Cl2N3O. The summed E-state index contributed by atoms with van der Waals surface area (Å²) in [7, 11) is 0. The standard InChI is InChI=1S/C16H21Cl2N3O/c17-12-5-4-11(13(18)9-12)10-19-16(22)20-14-6-8-21-7-2-1-3-15(14)21/h4-5,9,14-15H,1-3,6-8,10H2,(H2,19,20,22). The maximum atomic E-state index is 12.1. The lowest BCUT2D eigenvalue weighted by Crippen LogP contribution is -2.49. The average molecular weight is 342 g/mol. The lowest BCUT2D eigenvalue weighted by molar-refractivity contribution is 0.179. The number of amides is 2. The van der Waals surface area contributed by atoms with Crippen molar-refractivity contribution in [1.82, 2.24) is 15.5 Å². The first-order valence-corrected chi connectivity index (χ1v) is 8.61. The molecule has 0 saturated carbocycles. The minimum absolute atomic E-state index is 0.122. The van der Waals surface area contributed by atoms with E-state index in [1.54, 1.807) is 12.1 Å². The molecule has 0 bridgehead atoms. The van der Waals surface area contributed by atoms with Crippen LogP contribution < -0.4 is 10.6 Å². The van der Waals surface area contributed by atoms with Gasteiger partial charge in [0, 0.05) is 35.2 Å². The Hall–Kier alpha value is -0.970. The van der Waals surface area contributed by atoms with Crippen molar-refractivity contribution in [3.8, 4) is 0 Å². The number of carbonyl (C=O) groups excluding carboxylic acids is 1. The number of halogens is 2. The summed E-state index contributed by atoms with van der Waals surface area (Å²) in [4.78, 5) is 14.6. The first-order chi connectivity index (χ1) is 10.6. The Morgan fingerprint density at radius 2 is 2.09 bits per heavy atom. The van der Waals surface area contributed by atoms with Crippen LogP contribution in [0.3, 0.4) is 0 Å².